The lowest BCUT2D eigenvalue weighted by molar-refractivity contribution is -0.133. The Kier molecular flexibility index (Phi) is 8.30. The summed E-state index contributed by atoms with van der Waals surface area (Å²) in [5.41, 5.74) is 3.33. The molecule has 1 atom stereocenters. The number of benzene rings is 2. The van der Waals surface area contributed by atoms with E-state index in [2.05, 4.69) is 51.1 Å². The molecule has 2 saturated heterocycles. The topological polar surface area (TPSA) is 43.9 Å². The quantitative estimate of drug-likeness (QED) is 0.568. The van der Waals surface area contributed by atoms with Crippen LogP contribution in [0.5, 0.6) is 0 Å². The van der Waals surface area contributed by atoms with Gasteiger partial charge in [0, 0.05) is 57.8 Å². The third-order valence-corrected chi connectivity index (χ3v) is 7.08. The highest BCUT2D eigenvalue weighted by Gasteiger charge is 2.24. The maximum absolute atomic E-state index is 12.8. The van der Waals surface area contributed by atoms with Gasteiger partial charge in [0.1, 0.15) is 0 Å². The second-order valence-electron chi connectivity index (χ2n) is 9.68. The molecule has 4 rings (SSSR count). The van der Waals surface area contributed by atoms with Gasteiger partial charge in [-0.15, -0.1) is 0 Å². The van der Waals surface area contributed by atoms with Gasteiger partial charge in [-0.05, 0) is 55.8 Å². The van der Waals surface area contributed by atoms with Crippen molar-refractivity contribution in [1.29, 1.82) is 0 Å². The molecule has 5 nitrogen and oxygen atoms in total. The van der Waals surface area contributed by atoms with Crippen molar-refractivity contribution >= 4 is 11.7 Å². The number of ketones is 1. The van der Waals surface area contributed by atoms with Gasteiger partial charge in [-0.25, -0.2) is 0 Å². The molecule has 0 radical (unpaired) electrons. The molecular formula is C28H37N3O2. The van der Waals surface area contributed by atoms with E-state index in [1.165, 1.54) is 24.0 Å². The van der Waals surface area contributed by atoms with Crippen LogP contribution in [-0.4, -0.2) is 65.7 Å². The Morgan fingerprint density at radius 3 is 2.33 bits per heavy atom. The normalized spacial score (nSPS) is 20.0. The van der Waals surface area contributed by atoms with E-state index in [9.17, 15) is 9.59 Å². The number of piperidine rings is 1. The van der Waals surface area contributed by atoms with Gasteiger partial charge >= 0.3 is 0 Å². The highest BCUT2D eigenvalue weighted by atomic mass is 16.2. The van der Waals surface area contributed by atoms with Gasteiger partial charge in [0.05, 0.1) is 0 Å². The number of rotatable bonds is 8. The molecule has 1 amide bonds. The van der Waals surface area contributed by atoms with E-state index in [1.54, 1.807) is 6.92 Å². The summed E-state index contributed by atoms with van der Waals surface area (Å²) in [4.78, 5) is 31.5. The van der Waals surface area contributed by atoms with Crippen molar-refractivity contribution in [3.63, 3.8) is 0 Å². The van der Waals surface area contributed by atoms with Crippen LogP contribution in [-0.2, 0) is 17.9 Å². The molecule has 2 aliphatic rings. The van der Waals surface area contributed by atoms with Crippen LogP contribution in [0.3, 0.4) is 0 Å². The number of hydrogen-bond donors (Lipinski definition) is 0. The second kappa shape index (κ2) is 11.6. The SMILES string of the molecule is CC(=O)c1cccc(CN2CCCC(CCC(=O)N3CCN(Cc4ccccc4)CC3)C2)c1. The smallest absolute Gasteiger partial charge is 0.222 e. The summed E-state index contributed by atoms with van der Waals surface area (Å²) in [5.74, 6) is 1.02. The number of amides is 1. The van der Waals surface area contributed by atoms with Crippen LogP contribution in [0.4, 0.5) is 0 Å². The average Bonchev–Trinajstić information content (AvgIpc) is 2.84. The summed E-state index contributed by atoms with van der Waals surface area (Å²) in [6.45, 7) is 9.21. The van der Waals surface area contributed by atoms with Crippen LogP contribution in [0.2, 0.25) is 0 Å². The Balaban J connectivity index is 1.19. The molecule has 0 saturated carbocycles. The van der Waals surface area contributed by atoms with E-state index in [1.807, 2.05) is 18.2 Å². The Bertz CT molecular complexity index is 922. The lowest BCUT2D eigenvalue weighted by Gasteiger charge is -2.36. The van der Waals surface area contributed by atoms with Crippen LogP contribution in [0.15, 0.2) is 54.6 Å². The molecule has 5 heteroatoms. The van der Waals surface area contributed by atoms with Crippen molar-refractivity contribution in [3.05, 3.63) is 71.3 Å². The molecule has 2 aliphatic heterocycles. The number of likely N-dealkylation sites (tertiary alicyclic amines) is 1. The molecule has 0 aromatic heterocycles. The molecule has 2 heterocycles. The number of nitrogens with zero attached hydrogens (tertiary/aromatic N) is 3. The Hall–Kier alpha value is -2.50. The molecular weight excluding hydrogens is 410 g/mol. The lowest BCUT2D eigenvalue weighted by Crippen LogP contribution is -2.48. The highest BCUT2D eigenvalue weighted by Crippen LogP contribution is 2.23. The van der Waals surface area contributed by atoms with Crippen molar-refractivity contribution in [2.45, 2.75) is 45.7 Å². The lowest BCUT2D eigenvalue weighted by atomic mass is 9.92. The van der Waals surface area contributed by atoms with Crippen LogP contribution in [0, 0.1) is 5.92 Å². The molecule has 0 aliphatic carbocycles. The maximum Gasteiger partial charge on any atom is 0.222 e. The van der Waals surface area contributed by atoms with E-state index in [-0.39, 0.29) is 5.78 Å². The van der Waals surface area contributed by atoms with Crippen molar-refractivity contribution in [2.75, 3.05) is 39.3 Å². The summed E-state index contributed by atoms with van der Waals surface area (Å²) >= 11 is 0. The Morgan fingerprint density at radius 1 is 0.848 bits per heavy atom. The fourth-order valence-corrected chi connectivity index (χ4v) is 5.16. The number of carbonyl (C=O) groups is 2. The minimum absolute atomic E-state index is 0.118. The van der Waals surface area contributed by atoms with Gasteiger partial charge in [-0.2, -0.15) is 0 Å². The van der Waals surface area contributed by atoms with E-state index in [0.29, 0.717) is 18.2 Å². The molecule has 0 bridgehead atoms. The summed E-state index contributed by atoms with van der Waals surface area (Å²) in [6.07, 6.45) is 4.04. The largest absolute Gasteiger partial charge is 0.340 e. The zero-order chi connectivity index (χ0) is 23.0. The van der Waals surface area contributed by atoms with Crippen molar-refractivity contribution in [3.8, 4) is 0 Å². The summed E-state index contributed by atoms with van der Waals surface area (Å²) < 4.78 is 0. The third kappa shape index (κ3) is 6.99. The van der Waals surface area contributed by atoms with E-state index < -0.39 is 0 Å². The first-order valence-electron chi connectivity index (χ1n) is 12.4. The maximum atomic E-state index is 12.8. The van der Waals surface area contributed by atoms with Crippen LogP contribution >= 0.6 is 0 Å². The predicted octanol–water partition coefficient (Wildman–Crippen LogP) is 4.23. The van der Waals surface area contributed by atoms with Crippen LogP contribution < -0.4 is 0 Å². The fraction of sp³-hybridized carbons (Fsp3) is 0.500. The van der Waals surface area contributed by atoms with E-state index in [0.717, 1.165) is 64.3 Å². The van der Waals surface area contributed by atoms with Gasteiger partial charge in [0.2, 0.25) is 5.91 Å². The summed E-state index contributed by atoms with van der Waals surface area (Å²) in [5, 5.41) is 0. The molecule has 1 unspecified atom stereocenters. The second-order valence-corrected chi connectivity index (χ2v) is 9.68. The van der Waals surface area contributed by atoms with Gasteiger partial charge < -0.3 is 4.90 Å². The molecule has 2 aromatic rings. The fourth-order valence-electron chi connectivity index (χ4n) is 5.16. The zero-order valence-electron chi connectivity index (χ0n) is 19.9. The Labute approximate surface area is 198 Å². The van der Waals surface area contributed by atoms with E-state index >= 15 is 0 Å². The minimum Gasteiger partial charge on any atom is -0.340 e. The molecule has 176 valence electrons. The number of hydrogen-bond acceptors (Lipinski definition) is 4. The van der Waals surface area contributed by atoms with Crippen LogP contribution in [0.1, 0.15) is 54.1 Å². The standard InChI is InChI=1S/C28H37N3O2/c1-23(32)27-11-5-9-26(19-27)22-30-14-6-10-25(21-30)12-13-28(33)31-17-15-29(16-18-31)20-24-7-3-2-4-8-24/h2-5,7-9,11,19,25H,6,10,12-18,20-22H2,1H3. The first-order chi connectivity index (χ1) is 16.1. The first-order valence-corrected chi connectivity index (χ1v) is 12.4. The molecule has 0 N–H and O–H groups in total. The highest BCUT2D eigenvalue weighted by molar-refractivity contribution is 5.94. The van der Waals surface area contributed by atoms with E-state index in [4.69, 9.17) is 0 Å². The van der Waals surface area contributed by atoms with Gasteiger partial charge in [0.15, 0.2) is 5.78 Å². The molecule has 2 fully saturated rings. The predicted molar refractivity (Wildman–Crippen MR) is 132 cm³/mol. The van der Waals surface area contributed by atoms with Crippen LogP contribution in [0.25, 0.3) is 0 Å². The molecule has 33 heavy (non-hydrogen) atoms. The van der Waals surface area contributed by atoms with Crippen molar-refractivity contribution in [2.24, 2.45) is 5.92 Å². The summed E-state index contributed by atoms with van der Waals surface area (Å²) in [7, 11) is 0. The number of piperazine rings is 1. The molecule has 2 aromatic carbocycles. The minimum atomic E-state index is 0.118. The number of carbonyl (C=O) groups excluding carboxylic acids is 2. The van der Waals surface area contributed by atoms with Crippen molar-refractivity contribution < 1.29 is 9.59 Å². The number of Topliss-reactive ketones (excluding diaryl/α,β-unsaturated/α-hetero) is 1. The Morgan fingerprint density at radius 2 is 1.58 bits per heavy atom. The first kappa shape index (κ1) is 23.7. The van der Waals surface area contributed by atoms with Gasteiger partial charge in [-0.1, -0.05) is 48.5 Å². The monoisotopic (exact) mass is 447 g/mol. The van der Waals surface area contributed by atoms with Gasteiger partial charge in [0.25, 0.3) is 0 Å². The zero-order valence-corrected chi connectivity index (χ0v) is 19.9. The van der Waals surface area contributed by atoms with Gasteiger partial charge in [-0.3, -0.25) is 19.4 Å². The molecule has 0 spiro atoms. The third-order valence-electron chi connectivity index (χ3n) is 7.08. The van der Waals surface area contributed by atoms with Crippen molar-refractivity contribution in [1.82, 2.24) is 14.7 Å². The average molecular weight is 448 g/mol. The summed E-state index contributed by atoms with van der Waals surface area (Å²) in [6, 6.07) is 18.6.